The predicted octanol–water partition coefficient (Wildman–Crippen LogP) is 7.93. The summed E-state index contributed by atoms with van der Waals surface area (Å²) in [5.74, 6) is 4.20. The molecule has 168 valence electrons. The molecule has 30 heavy (non-hydrogen) atoms. The molecule has 6 atom stereocenters. The zero-order valence-corrected chi connectivity index (χ0v) is 22.7. The summed E-state index contributed by atoms with van der Waals surface area (Å²) in [6.45, 7) is 18.9. The SMILES string of the molecule is CC[C@H]1C[C@@H]2[C@H](CC[C@]3(C)[C@@H](O[Si](C)(C)C)CC[C@@H]23)c2ccc(O[Si](C)(C)C)cc21. The lowest BCUT2D eigenvalue weighted by molar-refractivity contribution is -0.0168. The molecular formula is C26H44O2Si2. The number of rotatable bonds is 5. The second-order valence-electron chi connectivity index (χ2n) is 12.6. The molecule has 3 aliphatic rings. The molecule has 0 saturated heterocycles. The fourth-order valence-electron chi connectivity index (χ4n) is 7.08. The minimum atomic E-state index is -1.58. The number of benzene rings is 1. The van der Waals surface area contributed by atoms with Gasteiger partial charge in [0.15, 0.2) is 8.32 Å². The number of hydrogen-bond donors (Lipinski definition) is 0. The van der Waals surface area contributed by atoms with Crippen molar-refractivity contribution in [2.75, 3.05) is 0 Å². The maximum atomic E-state index is 6.76. The van der Waals surface area contributed by atoms with Crippen LogP contribution in [0.2, 0.25) is 39.3 Å². The van der Waals surface area contributed by atoms with Crippen molar-refractivity contribution in [1.82, 2.24) is 0 Å². The number of fused-ring (bicyclic) bond motifs is 5. The summed E-state index contributed by atoms with van der Waals surface area (Å²) < 4.78 is 13.1. The molecule has 3 aliphatic carbocycles. The molecule has 2 nitrogen and oxygen atoms in total. The van der Waals surface area contributed by atoms with Gasteiger partial charge >= 0.3 is 0 Å². The summed E-state index contributed by atoms with van der Waals surface area (Å²) in [5, 5.41) is 0. The molecule has 0 heterocycles. The fourth-order valence-corrected chi connectivity index (χ4v) is 9.15. The predicted molar refractivity (Wildman–Crippen MR) is 133 cm³/mol. The average Bonchev–Trinajstić information content (AvgIpc) is 2.94. The first kappa shape index (κ1) is 22.6. The van der Waals surface area contributed by atoms with Gasteiger partial charge in [0.25, 0.3) is 0 Å². The minimum absolute atomic E-state index is 0.387. The normalized spacial score (nSPS) is 36.1. The molecule has 0 N–H and O–H groups in total. The molecule has 0 aliphatic heterocycles. The van der Waals surface area contributed by atoms with Crippen LogP contribution >= 0.6 is 0 Å². The quantitative estimate of drug-likeness (QED) is 0.429. The maximum absolute atomic E-state index is 6.76. The van der Waals surface area contributed by atoms with Crippen LogP contribution in [0.4, 0.5) is 0 Å². The van der Waals surface area contributed by atoms with E-state index in [4.69, 9.17) is 8.85 Å². The van der Waals surface area contributed by atoms with Gasteiger partial charge in [-0.1, -0.05) is 19.9 Å². The van der Waals surface area contributed by atoms with Crippen LogP contribution in [-0.4, -0.2) is 22.7 Å². The lowest BCUT2D eigenvalue weighted by Gasteiger charge is -2.52. The first-order valence-electron chi connectivity index (χ1n) is 12.4. The summed E-state index contributed by atoms with van der Waals surface area (Å²) in [6, 6.07) is 7.13. The Kier molecular flexibility index (Phi) is 5.86. The molecule has 4 heteroatoms. The summed E-state index contributed by atoms with van der Waals surface area (Å²) in [4.78, 5) is 0. The largest absolute Gasteiger partial charge is 0.544 e. The monoisotopic (exact) mass is 444 g/mol. The van der Waals surface area contributed by atoms with E-state index in [-0.39, 0.29) is 0 Å². The van der Waals surface area contributed by atoms with Crippen LogP contribution < -0.4 is 4.43 Å². The van der Waals surface area contributed by atoms with Crippen molar-refractivity contribution in [3.8, 4) is 5.75 Å². The Bertz CT molecular complexity index is 778. The second-order valence-corrected chi connectivity index (χ2v) is 21.5. The van der Waals surface area contributed by atoms with Gasteiger partial charge in [-0.2, -0.15) is 0 Å². The van der Waals surface area contributed by atoms with Crippen LogP contribution in [-0.2, 0) is 4.43 Å². The highest BCUT2D eigenvalue weighted by Gasteiger charge is 2.56. The molecular weight excluding hydrogens is 400 g/mol. The molecule has 0 spiro atoms. The summed E-state index contributed by atoms with van der Waals surface area (Å²) in [7, 11) is -3.08. The van der Waals surface area contributed by atoms with E-state index < -0.39 is 16.6 Å². The highest BCUT2D eigenvalue weighted by molar-refractivity contribution is 6.70. The highest BCUT2D eigenvalue weighted by Crippen LogP contribution is 2.63. The molecule has 0 unspecified atom stereocenters. The van der Waals surface area contributed by atoms with E-state index in [2.05, 4.69) is 71.3 Å². The van der Waals surface area contributed by atoms with Gasteiger partial charge in [-0.25, -0.2) is 0 Å². The van der Waals surface area contributed by atoms with Crippen molar-refractivity contribution in [3.63, 3.8) is 0 Å². The van der Waals surface area contributed by atoms with Gasteiger partial charge in [0.05, 0.1) is 6.10 Å². The van der Waals surface area contributed by atoms with Gasteiger partial charge < -0.3 is 8.85 Å². The van der Waals surface area contributed by atoms with Gasteiger partial charge in [0.2, 0.25) is 8.32 Å². The van der Waals surface area contributed by atoms with Gasteiger partial charge in [0.1, 0.15) is 5.75 Å². The lowest BCUT2D eigenvalue weighted by atomic mass is 9.54. The first-order valence-corrected chi connectivity index (χ1v) is 19.2. The minimum Gasteiger partial charge on any atom is -0.544 e. The molecule has 0 aromatic heterocycles. The number of hydrogen-bond acceptors (Lipinski definition) is 2. The van der Waals surface area contributed by atoms with Crippen molar-refractivity contribution in [3.05, 3.63) is 29.3 Å². The van der Waals surface area contributed by atoms with E-state index in [0.717, 1.165) is 23.5 Å². The van der Waals surface area contributed by atoms with Gasteiger partial charge in [-0.3, -0.25) is 0 Å². The van der Waals surface area contributed by atoms with E-state index in [1.165, 1.54) is 38.5 Å². The topological polar surface area (TPSA) is 18.5 Å². The van der Waals surface area contributed by atoms with Crippen LogP contribution in [0.15, 0.2) is 18.2 Å². The van der Waals surface area contributed by atoms with Crippen LogP contribution in [0, 0.1) is 17.3 Å². The van der Waals surface area contributed by atoms with E-state index in [0.29, 0.717) is 17.4 Å². The smallest absolute Gasteiger partial charge is 0.242 e. The third-order valence-electron chi connectivity index (χ3n) is 8.22. The Morgan fingerprint density at radius 1 is 0.967 bits per heavy atom. The second kappa shape index (κ2) is 7.77. The van der Waals surface area contributed by atoms with Crippen LogP contribution in [0.5, 0.6) is 5.75 Å². The molecule has 0 bridgehead atoms. The lowest BCUT2D eigenvalue weighted by Crippen LogP contribution is -2.47. The summed E-state index contributed by atoms with van der Waals surface area (Å²) in [6.07, 6.45) is 8.41. The maximum Gasteiger partial charge on any atom is 0.242 e. The zero-order valence-electron chi connectivity index (χ0n) is 20.7. The van der Waals surface area contributed by atoms with Crippen molar-refractivity contribution in [1.29, 1.82) is 0 Å². The molecule has 1 aromatic rings. The highest BCUT2D eigenvalue weighted by atomic mass is 28.4. The Hall–Kier alpha value is -0.586. The first-order chi connectivity index (χ1) is 13.9. The van der Waals surface area contributed by atoms with E-state index >= 15 is 0 Å². The average molecular weight is 445 g/mol. The van der Waals surface area contributed by atoms with Crippen molar-refractivity contribution >= 4 is 16.6 Å². The van der Waals surface area contributed by atoms with Gasteiger partial charge in [-0.15, -0.1) is 0 Å². The fraction of sp³-hybridized carbons (Fsp3) is 0.769. The molecule has 0 radical (unpaired) electrons. The summed E-state index contributed by atoms with van der Waals surface area (Å²) in [5.41, 5.74) is 3.64. The third kappa shape index (κ3) is 4.21. The van der Waals surface area contributed by atoms with Gasteiger partial charge in [0, 0.05) is 0 Å². The van der Waals surface area contributed by atoms with E-state index in [9.17, 15) is 0 Å². The Morgan fingerprint density at radius 3 is 2.33 bits per heavy atom. The van der Waals surface area contributed by atoms with Crippen LogP contribution in [0.3, 0.4) is 0 Å². The molecule has 2 saturated carbocycles. The van der Waals surface area contributed by atoms with E-state index in [1.807, 2.05) is 0 Å². The Labute approximate surface area is 187 Å². The van der Waals surface area contributed by atoms with Crippen LogP contribution in [0.25, 0.3) is 0 Å². The zero-order chi connectivity index (χ0) is 21.9. The molecule has 0 amide bonds. The standard InChI is InChI=1S/C26H44O2Si2/c1-9-18-16-23-21(20-11-10-19(17-22(18)20)27-29(3,4)5)14-15-26(2)24(23)12-13-25(26)28-30(6,7)8/h10-11,17-18,21,23-25H,9,12-16H2,1-8H3/t18-,21+,23+,24-,25-,26-/m0/s1. The van der Waals surface area contributed by atoms with E-state index in [1.54, 1.807) is 11.1 Å². The van der Waals surface area contributed by atoms with Crippen molar-refractivity contribution in [2.45, 2.75) is 110 Å². The molecule has 2 fully saturated rings. The summed E-state index contributed by atoms with van der Waals surface area (Å²) >= 11 is 0. The van der Waals surface area contributed by atoms with Crippen molar-refractivity contribution < 1.29 is 8.85 Å². The Balaban J connectivity index is 1.63. The Morgan fingerprint density at radius 2 is 1.70 bits per heavy atom. The van der Waals surface area contributed by atoms with Gasteiger partial charge in [-0.05, 0) is 130 Å². The third-order valence-corrected chi connectivity index (χ3v) is 10.1. The van der Waals surface area contributed by atoms with Crippen LogP contribution in [0.1, 0.15) is 75.3 Å². The molecule has 1 aromatic carbocycles. The van der Waals surface area contributed by atoms with Crippen molar-refractivity contribution in [2.24, 2.45) is 17.3 Å². The molecule has 4 rings (SSSR count).